The number of aromatic nitrogens is 1. The number of esters is 1. The van der Waals surface area contributed by atoms with E-state index in [1.54, 1.807) is 37.3 Å². The van der Waals surface area contributed by atoms with Crippen LogP contribution >= 0.6 is 11.3 Å². The minimum absolute atomic E-state index is 0.316. The summed E-state index contributed by atoms with van der Waals surface area (Å²) in [6, 6.07) is 10.9. The number of benzene rings is 2. The zero-order valence-corrected chi connectivity index (χ0v) is 15.8. The summed E-state index contributed by atoms with van der Waals surface area (Å²) >= 11 is 1.23. The maximum Gasteiger partial charge on any atom is 0.337 e. The number of anilines is 1. The van der Waals surface area contributed by atoms with Crippen LogP contribution in [0.3, 0.4) is 0 Å². The smallest absolute Gasteiger partial charge is 0.337 e. The van der Waals surface area contributed by atoms with E-state index in [0.29, 0.717) is 26.8 Å². The van der Waals surface area contributed by atoms with Crippen molar-refractivity contribution in [3.63, 3.8) is 0 Å². The van der Waals surface area contributed by atoms with E-state index in [-0.39, 0.29) is 11.7 Å². The van der Waals surface area contributed by atoms with Gasteiger partial charge in [0.1, 0.15) is 15.7 Å². The van der Waals surface area contributed by atoms with Gasteiger partial charge in [0.05, 0.1) is 18.4 Å². The molecule has 1 N–H and O–H groups in total. The van der Waals surface area contributed by atoms with Crippen LogP contribution in [0.25, 0.3) is 10.6 Å². The highest BCUT2D eigenvalue weighted by atomic mass is 32.1. The minimum atomic E-state index is -0.474. The third-order valence-corrected chi connectivity index (χ3v) is 5.21. The molecule has 138 valence electrons. The Kier molecular flexibility index (Phi) is 5.32. The molecular weight excluding hydrogens is 367 g/mol. The maximum absolute atomic E-state index is 13.1. The molecule has 1 amide bonds. The summed E-state index contributed by atoms with van der Waals surface area (Å²) in [5.41, 5.74) is 3.02. The Morgan fingerprint density at radius 2 is 1.81 bits per heavy atom. The molecule has 0 aliphatic carbocycles. The predicted octanol–water partition coefficient (Wildman–Crippen LogP) is 4.60. The van der Waals surface area contributed by atoms with Gasteiger partial charge >= 0.3 is 5.97 Å². The van der Waals surface area contributed by atoms with Crippen molar-refractivity contribution in [3.05, 3.63) is 70.0 Å². The van der Waals surface area contributed by atoms with Gasteiger partial charge in [-0.15, -0.1) is 11.3 Å². The van der Waals surface area contributed by atoms with Gasteiger partial charge in [0.2, 0.25) is 0 Å². The van der Waals surface area contributed by atoms with Crippen LogP contribution in [0, 0.1) is 19.7 Å². The number of hydrogen-bond acceptors (Lipinski definition) is 5. The summed E-state index contributed by atoms with van der Waals surface area (Å²) in [6.45, 7) is 3.58. The molecule has 0 aliphatic heterocycles. The van der Waals surface area contributed by atoms with E-state index in [4.69, 9.17) is 4.74 Å². The van der Waals surface area contributed by atoms with Crippen LogP contribution < -0.4 is 5.32 Å². The molecule has 0 saturated heterocycles. The third kappa shape index (κ3) is 4.03. The first-order valence-corrected chi connectivity index (χ1v) is 8.94. The number of aryl methyl sites for hydroxylation is 2. The second-order valence-corrected chi connectivity index (χ2v) is 6.91. The van der Waals surface area contributed by atoms with Crippen molar-refractivity contribution >= 4 is 28.9 Å². The van der Waals surface area contributed by atoms with Crippen LogP contribution in [0.4, 0.5) is 10.1 Å². The number of halogens is 1. The molecule has 1 heterocycles. The van der Waals surface area contributed by atoms with E-state index in [2.05, 4.69) is 10.3 Å². The quantitative estimate of drug-likeness (QED) is 0.667. The summed E-state index contributed by atoms with van der Waals surface area (Å²) in [7, 11) is 1.30. The van der Waals surface area contributed by atoms with E-state index in [9.17, 15) is 14.0 Å². The van der Waals surface area contributed by atoms with Gasteiger partial charge in [-0.05, 0) is 55.8 Å². The monoisotopic (exact) mass is 384 g/mol. The summed E-state index contributed by atoms with van der Waals surface area (Å²) in [6.07, 6.45) is 0. The lowest BCUT2D eigenvalue weighted by atomic mass is 10.1. The number of ether oxygens (including phenoxy) is 1. The number of nitrogens with zero attached hydrogens (tertiary/aromatic N) is 1. The number of amides is 1. The van der Waals surface area contributed by atoms with Gasteiger partial charge in [-0.3, -0.25) is 4.79 Å². The molecule has 5 nitrogen and oxygen atoms in total. The number of carbonyl (C=O) groups is 2. The molecule has 0 atom stereocenters. The molecule has 0 spiro atoms. The normalized spacial score (nSPS) is 10.5. The van der Waals surface area contributed by atoms with Gasteiger partial charge in [-0.1, -0.05) is 6.07 Å². The molecule has 3 aromatic rings. The van der Waals surface area contributed by atoms with Crippen LogP contribution in [0.15, 0.2) is 42.5 Å². The van der Waals surface area contributed by atoms with Crippen LogP contribution in [-0.2, 0) is 4.74 Å². The first-order valence-electron chi connectivity index (χ1n) is 8.12. The second kappa shape index (κ2) is 7.67. The van der Waals surface area contributed by atoms with Gasteiger partial charge in [-0.25, -0.2) is 14.2 Å². The lowest BCUT2D eigenvalue weighted by Gasteiger charge is -2.09. The maximum atomic E-state index is 13.1. The first kappa shape index (κ1) is 18.7. The molecule has 0 unspecified atom stereocenters. The number of carbonyl (C=O) groups excluding carboxylic acids is 2. The fourth-order valence-corrected chi connectivity index (χ4v) is 3.47. The molecule has 0 saturated carbocycles. The number of thiazole rings is 1. The molecule has 0 radical (unpaired) electrons. The molecule has 2 aromatic carbocycles. The standard InChI is InChI=1S/C20H17FN2O3S/c1-11-4-5-14(20(25)26-3)10-16(11)23-18(24)17-12(2)22-19(27-17)13-6-8-15(21)9-7-13/h4-10H,1-3H3,(H,23,24). The van der Waals surface area contributed by atoms with Crippen LogP contribution in [0.5, 0.6) is 0 Å². The van der Waals surface area contributed by atoms with Crippen LogP contribution in [0.2, 0.25) is 0 Å². The van der Waals surface area contributed by atoms with E-state index in [0.717, 1.165) is 11.1 Å². The molecule has 27 heavy (non-hydrogen) atoms. The highest BCUT2D eigenvalue weighted by Crippen LogP contribution is 2.29. The van der Waals surface area contributed by atoms with Crippen molar-refractivity contribution in [1.82, 2.24) is 4.98 Å². The van der Waals surface area contributed by atoms with Crippen molar-refractivity contribution in [2.45, 2.75) is 13.8 Å². The Morgan fingerprint density at radius 1 is 1.11 bits per heavy atom. The Morgan fingerprint density at radius 3 is 2.48 bits per heavy atom. The van der Waals surface area contributed by atoms with Crippen molar-refractivity contribution < 1.29 is 18.7 Å². The molecule has 0 aliphatic rings. The average Bonchev–Trinajstić information content (AvgIpc) is 3.05. The molecule has 0 bridgehead atoms. The van der Waals surface area contributed by atoms with Gasteiger partial charge in [0.15, 0.2) is 0 Å². The molecule has 3 rings (SSSR count). The molecule has 1 aromatic heterocycles. The number of rotatable bonds is 4. The zero-order valence-electron chi connectivity index (χ0n) is 15.0. The number of hydrogen-bond donors (Lipinski definition) is 1. The Bertz CT molecular complexity index is 1010. The van der Waals surface area contributed by atoms with E-state index in [1.807, 2.05) is 6.92 Å². The number of methoxy groups -OCH3 is 1. The Balaban J connectivity index is 1.87. The minimum Gasteiger partial charge on any atom is -0.465 e. The van der Waals surface area contributed by atoms with Gasteiger partial charge in [0.25, 0.3) is 5.91 Å². The van der Waals surface area contributed by atoms with E-state index in [1.165, 1.54) is 30.6 Å². The fourth-order valence-electron chi connectivity index (χ4n) is 2.50. The molecule has 7 heteroatoms. The van der Waals surface area contributed by atoms with Gasteiger partial charge in [-0.2, -0.15) is 0 Å². The molecular formula is C20H17FN2O3S. The summed E-state index contributed by atoms with van der Waals surface area (Å²) in [4.78, 5) is 29.3. The van der Waals surface area contributed by atoms with Gasteiger partial charge in [0, 0.05) is 11.3 Å². The average molecular weight is 384 g/mol. The second-order valence-electron chi connectivity index (χ2n) is 5.92. The van der Waals surface area contributed by atoms with Crippen LogP contribution in [-0.4, -0.2) is 24.0 Å². The SMILES string of the molecule is COC(=O)c1ccc(C)c(NC(=O)c2sc(-c3ccc(F)cc3)nc2C)c1. The fraction of sp³-hybridized carbons (Fsp3) is 0.150. The third-order valence-electron chi connectivity index (χ3n) is 4.00. The van der Waals surface area contributed by atoms with Crippen molar-refractivity contribution in [1.29, 1.82) is 0 Å². The lowest BCUT2D eigenvalue weighted by molar-refractivity contribution is 0.0600. The van der Waals surface area contributed by atoms with Crippen molar-refractivity contribution in [3.8, 4) is 10.6 Å². The highest BCUT2D eigenvalue weighted by Gasteiger charge is 2.18. The van der Waals surface area contributed by atoms with Crippen molar-refractivity contribution in [2.75, 3.05) is 12.4 Å². The highest BCUT2D eigenvalue weighted by molar-refractivity contribution is 7.17. The summed E-state index contributed by atoms with van der Waals surface area (Å²) < 4.78 is 17.8. The van der Waals surface area contributed by atoms with Crippen molar-refractivity contribution in [2.24, 2.45) is 0 Å². The lowest BCUT2D eigenvalue weighted by Crippen LogP contribution is -2.13. The predicted molar refractivity (Wildman–Crippen MR) is 103 cm³/mol. The Labute approximate surface area is 159 Å². The van der Waals surface area contributed by atoms with Crippen LogP contribution in [0.1, 0.15) is 31.3 Å². The largest absolute Gasteiger partial charge is 0.465 e. The van der Waals surface area contributed by atoms with E-state index < -0.39 is 5.97 Å². The Hall–Kier alpha value is -3.06. The zero-order chi connectivity index (χ0) is 19.6. The summed E-state index contributed by atoms with van der Waals surface area (Å²) in [5.74, 6) is -1.12. The first-order chi connectivity index (χ1) is 12.9. The summed E-state index contributed by atoms with van der Waals surface area (Å²) in [5, 5.41) is 3.46. The molecule has 0 fully saturated rings. The van der Waals surface area contributed by atoms with Gasteiger partial charge < -0.3 is 10.1 Å². The number of nitrogens with one attached hydrogen (secondary N) is 1. The van der Waals surface area contributed by atoms with E-state index >= 15 is 0 Å². The topological polar surface area (TPSA) is 68.3 Å².